The van der Waals surface area contributed by atoms with Gasteiger partial charge in [0.25, 0.3) is 5.91 Å². The number of carbonyl (C=O) groups excluding carboxylic acids is 1. The molecule has 0 aliphatic rings. The number of halogens is 1. The Kier molecular flexibility index (Phi) is 4.71. The molecule has 0 saturated carbocycles. The van der Waals surface area contributed by atoms with Crippen molar-refractivity contribution in [2.24, 2.45) is 0 Å². The molecule has 0 spiro atoms. The van der Waals surface area contributed by atoms with Crippen LogP contribution >= 0.6 is 0 Å². The molecule has 0 atom stereocenters. The first-order valence-corrected chi connectivity index (χ1v) is 6.44. The molecule has 0 aliphatic carbocycles. The molecule has 0 aliphatic heterocycles. The fourth-order valence-corrected chi connectivity index (χ4v) is 1.86. The van der Waals surface area contributed by atoms with Gasteiger partial charge in [0, 0.05) is 12.2 Å². The molecule has 20 heavy (non-hydrogen) atoms. The van der Waals surface area contributed by atoms with E-state index in [2.05, 4.69) is 0 Å². The van der Waals surface area contributed by atoms with E-state index < -0.39 is 0 Å². The second kappa shape index (κ2) is 6.70. The minimum absolute atomic E-state index is 0.0750. The topological polar surface area (TPSA) is 29.5 Å². The SMILES string of the molecule is CCN(C(=O)COc1ccc(F)cc1)c1ccccc1. The Morgan fingerprint density at radius 2 is 1.75 bits per heavy atom. The zero-order chi connectivity index (χ0) is 14.4. The summed E-state index contributed by atoms with van der Waals surface area (Å²) < 4.78 is 18.1. The number of para-hydroxylation sites is 1. The van der Waals surface area contributed by atoms with Crippen LogP contribution in [0.3, 0.4) is 0 Å². The van der Waals surface area contributed by atoms with Crippen molar-refractivity contribution < 1.29 is 13.9 Å². The van der Waals surface area contributed by atoms with Crippen LogP contribution in [0.2, 0.25) is 0 Å². The minimum Gasteiger partial charge on any atom is -0.484 e. The molecule has 1 amide bonds. The van der Waals surface area contributed by atoms with Gasteiger partial charge in [-0.3, -0.25) is 4.79 Å². The Bertz CT molecular complexity index is 554. The van der Waals surface area contributed by atoms with Crippen molar-refractivity contribution in [2.75, 3.05) is 18.1 Å². The number of anilines is 1. The van der Waals surface area contributed by atoms with E-state index in [0.29, 0.717) is 12.3 Å². The standard InChI is InChI=1S/C16H16FNO2/c1-2-18(14-6-4-3-5-7-14)16(19)12-20-15-10-8-13(17)9-11-15/h3-11H,2,12H2,1H3. The van der Waals surface area contributed by atoms with Crippen molar-refractivity contribution in [3.63, 3.8) is 0 Å². The van der Waals surface area contributed by atoms with Crippen LogP contribution in [-0.2, 0) is 4.79 Å². The fourth-order valence-electron chi connectivity index (χ4n) is 1.86. The summed E-state index contributed by atoms with van der Waals surface area (Å²) in [7, 11) is 0. The Hall–Kier alpha value is -2.36. The third-order valence-electron chi connectivity index (χ3n) is 2.86. The van der Waals surface area contributed by atoms with E-state index in [1.165, 1.54) is 24.3 Å². The largest absolute Gasteiger partial charge is 0.484 e. The zero-order valence-corrected chi connectivity index (χ0v) is 11.3. The van der Waals surface area contributed by atoms with Gasteiger partial charge in [-0.1, -0.05) is 18.2 Å². The lowest BCUT2D eigenvalue weighted by Gasteiger charge is -2.21. The highest BCUT2D eigenvalue weighted by Gasteiger charge is 2.14. The first kappa shape index (κ1) is 14.1. The van der Waals surface area contributed by atoms with Crippen LogP contribution in [0.1, 0.15) is 6.92 Å². The molecule has 0 saturated heterocycles. The number of likely N-dealkylation sites (N-methyl/N-ethyl adjacent to an activating group) is 1. The number of benzene rings is 2. The monoisotopic (exact) mass is 273 g/mol. The van der Waals surface area contributed by atoms with Gasteiger partial charge in [0.05, 0.1) is 0 Å². The molecule has 0 N–H and O–H groups in total. The van der Waals surface area contributed by atoms with Crippen LogP contribution in [0, 0.1) is 5.82 Å². The molecular weight excluding hydrogens is 257 g/mol. The molecule has 104 valence electrons. The molecular formula is C16H16FNO2. The lowest BCUT2D eigenvalue weighted by molar-refractivity contribution is -0.120. The van der Waals surface area contributed by atoms with Crippen molar-refractivity contribution in [2.45, 2.75) is 6.92 Å². The average molecular weight is 273 g/mol. The van der Waals surface area contributed by atoms with Crippen LogP contribution < -0.4 is 9.64 Å². The molecule has 2 rings (SSSR count). The van der Waals surface area contributed by atoms with E-state index in [-0.39, 0.29) is 18.3 Å². The van der Waals surface area contributed by atoms with E-state index in [1.807, 2.05) is 37.3 Å². The number of ether oxygens (including phenoxy) is 1. The molecule has 0 radical (unpaired) electrons. The first-order valence-electron chi connectivity index (χ1n) is 6.44. The summed E-state index contributed by atoms with van der Waals surface area (Å²) in [6.07, 6.45) is 0. The summed E-state index contributed by atoms with van der Waals surface area (Å²) in [5.41, 5.74) is 0.836. The normalized spacial score (nSPS) is 10.1. The lowest BCUT2D eigenvalue weighted by atomic mass is 10.3. The summed E-state index contributed by atoms with van der Waals surface area (Å²) in [6.45, 7) is 2.40. The summed E-state index contributed by atoms with van der Waals surface area (Å²) in [5, 5.41) is 0. The van der Waals surface area contributed by atoms with Gasteiger partial charge in [0.15, 0.2) is 6.61 Å². The summed E-state index contributed by atoms with van der Waals surface area (Å²) in [4.78, 5) is 13.8. The maximum atomic E-state index is 12.8. The van der Waals surface area contributed by atoms with E-state index in [9.17, 15) is 9.18 Å². The van der Waals surface area contributed by atoms with Crippen molar-refractivity contribution in [3.8, 4) is 5.75 Å². The van der Waals surface area contributed by atoms with Crippen LogP contribution in [-0.4, -0.2) is 19.1 Å². The van der Waals surface area contributed by atoms with E-state index in [1.54, 1.807) is 4.90 Å². The Morgan fingerprint density at radius 1 is 1.10 bits per heavy atom. The lowest BCUT2D eigenvalue weighted by Crippen LogP contribution is -2.34. The second-order valence-electron chi connectivity index (χ2n) is 4.22. The molecule has 2 aromatic carbocycles. The predicted molar refractivity (Wildman–Crippen MR) is 76.4 cm³/mol. The molecule has 0 unspecified atom stereocenters. The Balaban J connectivity index is 1.98. The highest BCUT2D eigenvalue weighted by Crippen LogP contribution is 2.15. The van der Waals surface area contributed by atoms with Crippen molar-refractivity contribution in [3.05, 3.63) is 60.4 Å². The molecule has 0 aromatic heterocycles. The third kappa shape index (κ3) is 3.57. The van der Waals surface area contributed by atoms with E-state index in [4.69, 9.17) is 4.74 Å². The van der Waals surface area contributed by atoms with Crippen LogP contribution in [0.25, 0.3) is 0 Å². The van der Waals surface area contributed by atoms with Crippen molar-refractivity contribution in [1.29, 1.82) is 0 Å². The Morgan fingerprint density at radius 3 is 2.35 bits per heavy atom. The maximum absolute atomic E-state index is 12.8. The van der Waals surface area contributed by atoms with E-state index >= 15 is 0 Å². The van der Waals surface area contributed by atoms with Gasteiger partial charge in [0.1, 0.15) is 11.6 Å². The van der Waals surface area contributed by atoms with Gasteiger partial charge in [-0.15, -0.1) is 0 Å². The fraction of sp³-hybridized carbons (Fsp3) is 0.188. The third-order valence-corrected chi connectivity index (χ3v) is 2.86. The highest BCUT2D eigenvalue weighted by molar-refractivity contribution is 5.94. The van der Waals surface area contributed by atoms with Gasteiger partial charge < -0.3 is 9.64 Å². The first-order chi connectivity index (χ1) is 9.70. The predicted octanol–water partition coefficient (Wildman–Crippen LogP) is 3.26. The molecule has 0 heterocycles. The van der Waals surface area contributed by atoms with Gasteiger partial charge in [-0.25, -0.2) is 4.39 Å². The maximum Gasteiger partial charge on any atom is 0.264 e. The Labute approximate surface area is 117 Å². The number of rotatable bonds is 5. The molecule has 4 heteroatoms. The van der Waals surface area contributed by atoms with Crippen LogP contribution in [0.4, 0.5) is 10.1 Å². The van der Waals surface area contributed by atoms with Crippen LogP contribution in [0.5, 0.6) is 5.75 Å². The van der Waals surface area contributed by atoms with Gasteiger partial charge in [0.2, 0.25) is 0 Å². The molecule has 0 fully saturated rings. The second-order valence-corrected chi connectivity index (χ2v) is 4.22. The number of amides is 1. The summed E-state index contributed by atoms with van der Waals surface area (Å²) in [6, 6.07) is 15.0. The van der Waals surface area contributed by atoms with Crippen molar-refractivity contribution >= 4 is 11.6 Å². The summed E-state index contributed by atoms with van der Waals surface area (Å²) >= 11 is 0. The molecule has 2 aromatic rings. The quantitative estimate of drug-likeness (QED) is 0.837. The number of hydrogen-bond donors (Lipinski definition) is 0. The zero-order valence-electron chi connectivity index (χ0n) is 11.3. The van der Waals surface area contributed by atoms with Gasteiger partial charge in [-0.2, -0.15) is 0 Å². The van der Waals surface area contributed by atoms with Gasteiger partial charge in [-0.05, 0) is 43.3 Å². The number of nitrogens with zero attached hydrogens (tertiary/aromatic N) is 1. The van der Waals surface area contributed by atoms with E-state index in [0.717, 1.165) is 5.69 Å². The van der Waals surface area contributed by atoms with Crippen LogP contribution in [0.15, 0.2) is 54.6 Å². The van der Waals surface area contributed by atoms with Gasteiger partial charge >= 0.3 is 0 Å². The summed E-state index contributed by atoms with van der Waals surface area (Å²) in [5.74, 6) is 0.00929. The molecule has 3 nitrogen and oxygen atoms in total. The smallest absolute Gasteiger partial charge is 0.264 e. The molecule has 0 bridgehead atoms. The average Bonchev–Trinajstić information content (AvgIpc) is 2.48. The number of carbonyl (C=O) groups is 1. The highest BCUT2D eigenvalue weighted by atomic mass is 19.1. The number of hydrogen-bond acceptors (Lipinski definition) is 2. The minimum atomic E-state index is -0.330. The van der Waals surface area contributed by atoms with Crippen molar-refractivity contribution in [1.82, 2.24) is 0 Å².